The lowest BCUT2D eigenvalue weighted by Crippen LogP contribution is -2.72. The Morgan fingerprint density at radius 3 is 2.62 bits per heavy atom. The number of morpholine rings is 1. The van der Waals surface area contributed by atoms with Crippen molar-refractivity contribution in [3.05, 3.63) is 29.8 Å². The Kier molecular flexibility index (Phi) is 4.95. The minimum absolute atomic E-state index is 0.0337. The Morgan fingerprint density at radius 1 is 1.03 bits per heavy atom. The highest BCUT2D eigenvalue weighted by molar-refractivity contribution is 5.89. The highest BCUT2D eigenvalue weighted by Crippen LogP contribution is 2.47. The summed E-state index contributed by atoms with van der Waals surface area (Å²) in [7, 11) is 0. The summed E-state index contributed by atoms with van der Waals surface area (Å²) >= 11 is 0. The Balaban J connectivity index is 1.39. The molecule has 2 saturated heterocycles. The third-order valence-corrected chi connectivity index (χ3v) is 8.20. The van der Waals surface area contributed by atoms with E-state index < -0.39 is 11.1 Å². The molecule has 4 heterocycles. The maximum absolute atomic E-state index is 14.0. The molecule has 0 aromatic heterocycles. The van der Waals surface area contributed by atoms with Gasteiger partial charge >= 0.3 is 0 Å². The smallest absolute Gasteiger partial charge is 0.267 e. The number of piperidine rings is 1. The highest BCUT2D eigenvalue weighted by Gasteiger charge is 2.59. The summed E-state index contributed by atoms with van der Waals surface area (Å²) < 4.78 is 18.7. The van der Waals surface area contributed by atoms with Crippen LogP contribution < -0.4 is 10.1 Å². The molecule has 2 atom stereocenters. The summed E-state index contributed by atoms with van der Waals surface area (Å²) in [5.41, 5.74) is -0.156. The van der Waals surface area contributed by atoms with Gasteiger partial charge < -0.3 is 24.4 Å². The van der Waals surface area contributed by atoms with Crippen molar-refractivity contribution in [2.75, 3.05) is 26.4 Å². The van der Waals surface area contributed by atoms with Crippen molar-refractivity contribution in [2.45, 2.75) is 80.6 Å². The van der Waals surface area contributed by atoms with Gasteiger partial charge in [-0.3, -0.25) is 9.59 Å². The van der Waals surface area contributed by atoms with E-state index in [4.69, 9.17) is 14.2 Å². The molecule has 7 rings (SSSR count). The first kappa shape index (κ1) is 20.5. The first-order chi connectivity index (χ1) is 15.6. The monoisotopic (exact) mass is 440 g/mol. The maximum atomic E-state index is 14.0. The summed E-state index contributed by atoms with van der Waals surface area (Å²) in [4.78, 5) is 28.2. The van der Waals surface area contributed by atoms with E-state index in [2.05, 4.69) is 17.4 Å². The first-order valence-electron chi connectivity index (χ1n) is 12.2. The van der Waals surface area contributed by atoms with Crippen LogP contribution in [-0.2, 0) is 19.1 Å². The van der Waals surface area contributed by atoms with Crippen LogP contribution >= 0.6 is 0 Å². The third-order valence-electron chi connectivity index (χ3n) is 8.20. The lowest BCUT2D eigenvalue weighted by atomic mass is 9.80. The predicted molar refractivity (Wildman–Crippen MR) is 116 cm³/mol. The molecule has 1 N–H and O–H groups in total. The molecular weight excluding hydrogens is 408 g/mol. The number of fused-ring (bicyclic) bond motifs is 3. The third kappa shape index (κ3) is 3.41. The molecule has 2 bridgehead atoms. The van der Waals surface area contributed by atoms with Gasteiger partial charge in [0.15, 0.2) is 5.60 Å². The lowest BCUT2D eigenvalue weighted by molar-refractivity contribution is -0.161. The van der Waals surface area contributed by atoms with Gasteiger partial charge in [0.2, 0.25) is 5.91 Å². The summed E-state index contributed by atoms with van der Waals surface area (Å²) in [6.07, 6.45) is 7.38. The predicted octanol–water partition coefficient (Wildman–Crippen LogP) is 2.53. The molecule has 2 amide bonds. The summed E-state index contributed by atoms with van der Waals surface area (Å²) in [6, 6.07) is 8.01. The molecule has 172 valence electrons. The minimum atomic E-state index is -0.793. The van der Waals surface area contributed by atoms with E-state index in [0.29, 0.717) is 25.7 Å². The van der Waals surface area contributed by atoms with Crippen molar-refractivity contribution in [3.63, 3.8) is 0 Å². The van der Waals surface area contributed by atoms with Crippen molar-refractivity contribution in [1.29, 1.82) is 0 Å². The largest absolute Gasteiger partial charge is 0.477 e. The van der Waals surface area contributed by atoms with Crippen LogP contribution in [0.3, 0.4) is 0 Å². The first-order valence-corrected chi connectivity index (χ1v) is 12.2. The zero-order chi connectivity index (χ0) is 21.8. The number of hydrogen-bond donors (Lipinski definition) is 1. The van der Waals surface area contributed by atoms with Gasteiger partial charge in [0.25, 0.3) is 5.91 Å². The van der Waals surface area contributed by atoms with Gasteiger partial charge in [-0.1, -0.05) is 18.2 Å². The SMILES string of the molecule is O=C1COCC2(CCCN3C(=O)C4(CC4)Oc4ccccc4C4CCC(CC4)OCC32)N1. The van der Waals surface area contributed by atoms with E-state index in [0.717, 1.165) is 57.1 Å². The fraction of sp³-hybridized carbons (Fsp3) is 0.680. The van der Waals surface area contributed by atoms with Crippen LogP contribution in [0, 0.1) is 0 Å². The molecule has 0 radical (unpaired) electrons. The van der Waals surface area contributed by atoms with Gasteiger partial charge in [-0.05, 0) is 56.1 Å². The highest BCUT2D eigenvalue weighted by atomic mass is 16.5. The zero-order valence-electron chi connectivity index (χ0n) is 18.5. The molecule has 2 saturated carbocycles. The zero-order valence-corrected chi connectivity index (χ0v) is 18.5. The van der Waals surface area contributed by atoms with E-state index in [1.165, 1.54) is 5.56 Å². The van der Waals surface area contributed by atoms with Crippen LogP contribution in [0.15, 0.2) is 24.3 Å². The molecule has 4 fully saturated rings. The summed E-state index contributed by atoms with van der Waals surface area (Å²) in [6.45, 7) is 1.58. The number of hydrogen-bond acceptors (Lipinski definition) is 5. The van der Waals surface area contributed by atoms with E-state index in [-0.39, 0.29) is 30.6 Å². The van der Waals surface area contributed by atoms with E-state index >= 15 is 0 Å². The van der Waals surface area contributed by atoms with Gasteiger partial charge in [0.1, 0.15) is 12.4 Å². The second-order valence-corrected chi connectivity index (χ2v) is 10.3. The van der Waals surface area contributed by atoms with Crippen LogP contribution in [0.2, 0.25) is 0 Å². The molecule has 1 aromatic rings. The second kappa shape index (κ2) is 7.73. The Labute approximate surface area is 188 Å². The molecule has 2 aliphatic carbocycles. The van der Waals surface area contributed by atoms with Gasteiger partial charge in [-0.15, -0.1) is 0 Å². The van der Waals surface area contributed by atoms with Crippen LogP contribution in [0.1, 0.15) is 62.8 Å². The van der Waals surface area contributed by atoms with Gasteiger partial charge in [0, 0.05) is 19.4 Å². The van der Waals surface area contributed by atoms with Crippen molar-refractivity contribution in [1.82, 2.24) is 10.2 Å². The number of amides is 2. The number of nitrogens with one attached hydrogen (secondary N) is 1. The van der Waals surface area contributed by atoms with Crippen molar-refractivity contribution in [3.8, 4) is 5.75 Å². The average Bonchev–Trinajstić information content (AvgIpc) is 3.58. The fourth-order valence-corrected chi connectivity index (χ4v) is 6.29. The standard InChI is InChI=1S/C25H32N2O5/c28-22-15-30-16-24(26-22)10-3-13-27-21(24)14-31-18-8-6-17(7-9-18)19-4-1-2-5-20(19)32-25(11-12-25)23(27)29/h1-2,4-5,17-18,21H,3,6-16H2,(H,26,28). The maximum Gasteiger partial charge on any atom is 0.267 e. The van der Waals surface area contributed by atoms with Crippen molar-refractivity contribution < 1.29 is 23.8 Å². The summed E-state index contributed by atoms with van der Waals surface area (Å²) in [5, 5.41) is 3.20. The quantitative estimate of drug-likeness (QED) is 0.671. The molecule has 4 aliphatic heterocycles. The fourth-order valence-electron chi connectivity index (χ4n) is 6.29. The molecule has 6 aliphatic rings. The molecule has 2 unspecified atom stereocenters. The number of ether oxygens (including phenoxy) is 3. The van der Waals surface area contributed by atoms with Crippen LogP contribution in [0.25, 0.3) is 0 Å². The lowest BCUT2D eigenvalue weighted by Gasteiger charge is -2.52. The van der Waals surface area contributed by atoms with Crippen LogP contribution in [0.5, 0.6) is 5.75 Å². The normalized spacial score (nSPS) is 36.2. The van der Waals surface area contributed by atoms with Crippen LogP contribution in [-0.4, -0.2) is 66.4 Å². The Bertz CT molecular complexity index is 903. The van der Waals surface area contributed by atoms with Gasteiger partial charge in [-0.2, -0.15) is 0 Å². The minimum Gasteiger partial charge on any atom is -0.477 e. The molecule has 7 nitrogen and oxygen atoms in total. The molecular formula is C25H32N2O5. The van der Waals surface area contributed by atoms with E-state index in [9.17, 15) is 9.59 Å². The van der Waals surface area contributed by atoms with Crippen molar-refractivity contribution in [2.24, 2.45) is 0 Å². The van der Waals surface area contributed by atoms with E-state index in [1.807, 2.05) is 17.0 Å². The van der Waals surface area contributed by atoms with Crippen molar-refractivity contribution >= 4 is 11.8 Å². The Morgan fingerprint density at radius 2 is 1.84 bits per heavy atom. The number of nitrogens with zero attached hydrogens (tertiary/aromatic N) is 1. The molecule has 7 heteroatoms. The second-order valence-electron chi connectivity index (χ2n) is 10.3. The van der Waals surface area contributed by atoms with Crippen LogP contribution in [0.4, 0.5) is 0 Å². The number of carbonyl (C=O) groups excluding carboxylic acids is 2. The number of benzene rings is 1. The topological polar surface area (TPSA) is 77.1 Å². The van der Waals surface area contributed by atoms with Gasteiger partial charge in [-0.25, -0.2) is 0 Å². The molecule has 1 aromatic carbocycles. The van der Waals surface area contributed by atoms with E-state index in [1.54, 1.807) is 0 Å². The number of rotatable bonds is 0. The molecule has 2 spiro atoms. The number of para-hydroxylation sites is 1. The van der Waals surface area contributed by atoms with Gasteiger partial charge in [0.05, 0.1) is 30.9 Å². The average molecular weight is 441 g/mol. The Hall–Kier alpha value is -2.12. The summed E-state index contributed by atoms with van der Waals surface area (Å²) in [5.74, 6) is 1.23. The molecule has 32 heavy (non-hydrogen) atoms. The number of carbonyl (C=O) groups is 2.